The maximum Gasteiger partial charge on any atom is 0.408 e. The van der Waals surface area contributed by atoms with Crippen LogP contribution >= 0.6 is 15.9 Å². The maximum atomic E-state index is 12.2. The number of hydrogen-bond acceptors (Lipinski definition) is 5. The normalized spacial score (nSPS) is 12.3. The summed E-state index contributed by atoms with van der Waals surface area (Å²) < 4.78 is 10.5. The molecule has 0 saturated carbocycles. The fraction of sp³-hybridized carbons (Fsp3) is 0.389. The van der Waals surface area contributed by atoms with Gasteiger partial charge in [0.15, 0.2) is 5.69 Å². The molecule has 0 radical (unpaired) electrons. The standard InChI is InChI=1S/C18H22BrN3O4/c1-18(2,3)26-17(24)20-12(11-8-6-5-7-9-11)10-13-21-14(15(19)22-13)16(23)25-4/h5-9,12H,10H2,1-4H3,(H,20,24)(H,21,22). The Morgan fingerprint density at radius 2 is 1.92 bits per heavy atom. The highest BCUT2D eigenvalue weighted by atomic mass is 79.9. The smallest absolute Gasteiger partial charge is 0.408 e. The number of amides is 1. The van der Waals surface area contributed by atoms with Gasteiger partial charge >= 0.3 is 12.1 Å². The number of aromatic amines is 1. The molecule has 1 unspecified atom stereocenters. The summed E-state index contributed by atoms with van der Waals surface area (Å²) in [7, 11) is 1.29. The number of carbonyl (C=O) groups is 2. The molecule has 26 heavy (non-hydrogen) atoms. The number of alkyl carbamates (subject to hydrolysis) is 1. The lowest BCUT2D eigenvalue weighted by Gasteiger charge is -2.23. The summed E-state index contributed by atoms with van der Waals surface area (Å²) in [5.41, 5.74) is 0.453. The van der Waals surface area contributed by atoms with Crippen LogP contribution in [-0.2, 0) is 15.9 Å². The Bertz CT molecular complexity index is 768. The average molecular weight is 424 g/mol. The van der Waals surface area contributed by atoms with Crippen molar-refractivity contribution in [2.24, 2.45) is 0 Å². The molecule has 1 heterocycles. The number of hydrogen-bond donors (Lipinski definition) is 2. The van der Waals surface area contributed by atoms with Gasteiger partial charge in [-0.1, -0.05) is 30.3 Å². The zero-order valence-corrected chi connectivity index (χ0v) is 16.7. The minimum absolute atomic E-state index is 0.159. The highest BCUT2D eigenvalue weighted by Crippen LogP contribution is 2.21. The van der Waals surface area contributed by atoms with Crippen molar-refractivity contribution in [3.63, 3.8) is 0 Å². The van der Waals surface area contributed by atoms with E-state index in [0.29, 0.717) is 16.8 Å². The summed E-state index contributed by atoms with van der Waals surface area (Å²) in [5, 5.41) is 2.86. The Morgan fingerprint density at radius 3 is 2.50 bits per heavy atom. The number of aromatic nitrogens is 2. The third kappa shape index (κ3) is 5.59. The number of H-pyrrole nitrogens is 1. The summed E-state index contributed by atoms with van der Waals surface area (Å²) in [6, 6.07) is 9.10. The Balaban J connectivity index is 2.22. The zero-order chi connectivity index (χ0) is 19.3. The van der Waals surface area contributed by atoms with Gasteiger partial charge in [-0.15, -0.1) is 0 Å². The second kappa shape index (κ2) is 8.35. The highest BCUT2D eigenvalue weighted by Gasteiger charge is 2.23. The molecular formula is C18H22BrN3O4. The second-order valence-corrected chi connectivity index (χ2v) is 7.44. The van der Waals surface area contributed by atoms with E-state index in [9.17, 15) is 9.59 Å². The minimum atomic E-state index is -0.600. The van der Waals surface area contributed by atoms with E-state index in [4.69, 9.17) is 9.47 Å². The molecule has 0 spiro atoms. The second-order valence-electron chi connectivity index (χ2n) is 6.65. The fourth-order valence-corrected chi connectivity index (χ4v) is 2.79. The quantitative estimate of drug-likeness (QED) is 0.713. The maximum absolute atomic E-state index is 12.2. The summed E-state index contributed by atoms with van der Waals surface area (Å²) >= 11 is 3.26. The van der Waals surface area contributed by atoms with Gasteiger partial charge < -0.3 is 19.8 Å². The van der Waals surface area contributed by atoms with Crippen LogP contribution in [0.25, 0.3) is 0 Å². The van der Waals surface area contributed by atoms with Crippen LogP contribution in [0.1, 0.15) is 48.7 Å². The third-order valence-corrected chi connectivity index (χ3v) is 3.95. The van der Waals surface area contributed by atoms with Crippen LogP contribution in [-0.4, -0.2) is 34.7 Å². The molecule has 0 aliphatic carbocycles. The number of nitrogens with zero attached hydrogens (tertiary/aromatic N) is 1. The first-order valence-electron chi connectivity index (χ1n) is 8.06. The topological polar surface area (TPSA) is 93.3 Å². The van der Waals surface area contributed by atoms with Crippen molar-refractivity contribution in [1.82, 2.24) is 15.3 Å². The van der Waals surface area contributed by atoms with Crippen LogP contribution in [0, 0.1) is 0 Å². The number of halogens is 1. The SMILES string of the molecule is COC(=O)c1nc(CC(NC(=O)OC(C)(C)C)c2ccccc2)[nH]c1Br. The molecule has 1 atom stereocenters. The van der Waals surface area contributed by atoms with Gasteiger partial charge in [0, 0.05) is 6.42 Å². The average Bonchev–Trinajstić information content (AvgIpc) is 2.93. The van der Waals surface area contributed by atoms with Gasteiger partial charge in [0.25, 0.3) is 0 Å². The first-order valence-corrected chi connectivity index (χ1v) is 8.86. The van der Waals surface area contributed by atoms with Crippen molar-refractivity contribution >= 4 is 28.0 Å². The van der Waals surface area contributed by atoms with Crippen molar-refractivity contribution in [2.45, 2.75) is 38.8 Å². The number of esters is 1. The lowest BCUT2D eigenvalue weighted by atomic mass is 10.0. The molecule has 1 aromatic heterocycles. The van der Waals surface area contributed by atoms with E-state index in [1.807, 2.05) is 30.3 Å². The van der Waals surface area contributed by atoms with Gasteiger partial charge in [-0.05, 0) is 42.3 Å². The monoisotopic (exact) mass is 423 g/mol. The summed E-state index contributed by atoms with van der Waals surface area (Å²) in [6.45, 7) is 5.41. The first-order chi connectivity index (χ1) is 12.2. The van der Waals surface area contributed by atoms with E-state index in [0.717, 1.165) is 5.56 Å². The van der Waals surface area contributed by atoms with Crippen LogP contribution in [0.4, 0.5) is 4.79 Å². The Morgan fingerprint density at radius 1 is 1.27 bits per heavy atom. The Hall–Kier alpha value is -2.35. The van der Waals surface area contributed by atoms with Crippen molar-refractivity contribution in [1.29, 1.82) is 0 Å². The van der Waals surface area contributed by atoms with Crippen molar-refractivity contribution in [3.05, 3.63) is 52.0 Å². The van der Waals surface area contributed by atoms with Crippen LogP contribution < -0.4 is 5.32 Å². The van der Waals surface area contributed by atoms with Gasteiger partial charge in [-0.25, -0.2) is 14.6 Å². The molecule has 2 aromatic rings. The molecule has 8 heteroatoms. The Kier molecular flexibility index (Phi) is 6.42. The molecule has 0 fully saturated rings. The van der Waals surface area contributed by atoms with E-state index in [-0.39, 0.29) is 11.7 Å². The van der Waals surface area contributed by atoms with Gasteiger partial charge in [0.05, 0.1) is 13.2 Å². The lowest BCUT2D eigenvalue weighted by Crippen LogP contribution is -2.35. The predicted molar refractivity (Wildman–Crippen MR) is 99.9 cm³/mol. The molecule has 0 aliphatic heterocycles. The molecule has 0 bridgehead atoms. The van der Waals surface area contributed by atoms with E-state index < -0.39 is 17.7 Å². The van der Waals surface area contributed by atoms with E-state index in [2.05, 4.69) is 31.2 Å². The molecule has 2 rings (SSSR count). The van der Waals surface area contributed by atoms with Crippen LogP contribution in [0.3, 0.4) is 0 Å². The highest BCUT2D eigenvalue weighted by molar-refractivity contribution is 9.10. The first kappa shape index (κ1) is 20.0. The van der Waals surface area contributed by atoms with Gasteiger partial charge in [-0.2, -0.15) is 0 Å². The number of rotatable bonds is 5. The summed E-state index contributed by atoms with van der Waals surface area (Å²) in [5.74, 6) is -0.0158. The van der Waals surface area contributed by atoms with Crippen LogP contribution in [0.2, 0.25) is 0 Å². The lowest BCUT2D eigenvalue weighted by molar-refractivity contribution is 0.0501. The molecule has 2 N–H and O–H groups in total. The number of benzene rings is 1. The molecular weight excluding hydrogens is 402 g/mol. The Labute approximate surface area is 160 Å². The zero-order valence-electron chi connectivity index (χ0n) is 15.1. The van der Waals surface area contributed by atoms with Gasteiger partial charge in [-0.3, -0.25) is 0 Å². The van der Waals surface area contributed by atoms with Crippen molar-refractivity contribution < 1.29 is 19.1 Å². The fourth-order valence-electron chi connectivity index (χ4n) is 2.31. The van der Waals surface area contributed by atoms with Crippen molar-refractivity contribution in [2.75, 3.05) is 7.11 Å². The largest absolute Gasteiger partial charge is 0.464 e. The number of ether oxygens (including phenoxy) is 2. The van der Waals surface area contributed by atoms with Gasteiger partial charge in [0.1, 0.15) is 16.0 Å². The number of methoxy groups -OCH3 is 1. The van der Waals surface area contributed by atoms with E-state index in [1.54, 1.807) is 20.8 Å². The number of nitrogens with one attached hydrogen (secondary N) is 2. The molecule has 7 nitrogen and oxygen atoms in total. The molecule has 1 aromatic carbocycles. The number of imidazole rings is 1. The minimum Gasteiger partial charge on any atom is -0.464 e. The van der Waals surface area contributed by atoms with Crippen molar-refractivity contribution in [3.8, 4) is 0 Å². The van der Waals surface area contributed by atoms with E-state index in [1.165, 1.54) is 7.11 Å². The van der Waals surface area contributed by atoms with Crippen LogP contribution in [0.5, 0.6) is 0 Å². The predicted octanol–water partition coefficient (Wildman–Crippen LogP) is 3.77. The van der Waals surface area contributed by atoms with E-state index >= 15 is 0 Å². The van der Waals surface area contributed by atoms with Crippen LogP contribution in [0.15, 0.2) is 34.9 Å². The summed E-state index contributed by atoms with van der Waals surface area (Å²) in [4.78, 5) is 31.2. The molecule has 1 amide bonds. The molecule has 0 saturated heterocycles. The third-order valence-electron chi connectivity index (χ3n) is 3.38. The summed E-state index contributed by atoms with van der Waals surface area (Å²) in [6.07, 6.45) is -0.177. The number of carbonyl (C=O) groups excluding carboxylic acids is 2. The molecule has 0 aliphatic rings. The molecule has 140 valence electrons. The van der Waals surface area contributed by atoms with Gasteiger partial charge in [0.2, 0.25) is 0 Å².